The van der Waals surface area contributed by atoms with E-state index in [2.05, 4.69) is 22.0 Å². The minimum Gasteiger partial charge on any atom is -0.497 e. The molecule has 1 saturated heterocycles. The van der Waals surface area contributed by atoms with Gasteiger partial charge in [-0.15, -0.1) is 0 Å². The van der Waals surface area contributed by atoms with Crippen molar-refractivity contribution in [3.63, 3.8) is 0 Å². The fourth-order valence-electron chi connectivity index (χ4n) is 4.01. The van der Waals surface area contributed by atoms with Crippen molar-refractivity contribution in [3.8, 4) is 5.75 Å². The van der Waals surface area contributed by atoms with Gasteiger partial charge < -0.3 is 19.5 Å². The molecule has 0 spiro atoms. The van der Waals surface area contributed by atoms with Gasteiger partial charge in [-0.1, -0.05) is 12.1 Å². The largest absolute Gasteiger partial charge is 0.497 e. The lowest BCUT2D eigenvalue weighted by Gasteiger charge is -2.33. The number of para-hydroxylation sites is 1. The summed E-state index contributed by atoms with van der Waals surface area (Å²) in [7, 11) is 1.69. The molecule has 152 valence electrons. The average Bonchev–Trinajstić information content (AvgIpc) is 2.76. The molecule has 0 amide bonds. The van der Waals surface area contributed by atoms with Gasteiger partial charge in [-0.05, 0) is 48.6 Å². The first-order valence-corrected chi connectivity index (χ1v) is 10.5. The van der Waals surface area contributed by atoms with Crippen molar-refractivity contribution in [1.82, 2.24) is 9.55 Å². The maximum absolute atomic E-state index is 12.7. The molecule has 3 aromatic rings. The summed E-state index contributed by atoms with van der Waals surface area (Å²) >= 11 is 5.41. The fourth-order valence-corrected chi connectivity index (χ4v) is 4.30. The zero-order valence-corrected chi connectivity index (χ0v) is 17.5. The quantitative estimate of drug-likeness (QED) is 0.608. The van der Waals surface area contributed by atoms with E-state index < -0.39 is 0 Å². The zero-order chi connectivity index (χ0) is 20.2. The third-order valence-corrected chi connectivity index (χ3v) is 6.03. The van der Waals surface area contributed by atoms with E-state index in [1.54, 1.807) is 16.6 Å². The summed E-state index contributed by atoms with van der Waals surface area (Å²) in [6.07, 6.45) is 0.938. The number of aromatic nitrogens is 2. The Morgan fingerprint density at radius 2 is 1.83 bits per heavy atom. The number of nitrogens with zero attached hydrogens (tertiary/aromatic N) is 2. The summed E-state index contributed by atoms with van der Waals surface area (Å²) in [5.41, 5.74) is 2.06. The highest BCUT2D eigenvalue weighted by Crippen LogP contribution is 2.18. The lowest BCUT2D eigenvalue weighted by molar-refractivity contribution is -0.900. The van der Waals surface area contributed by atoms with Crippen LogP contribution in [0.5, 0.6) is 5.75 Å². The van der Waals surface area contributed by atoms with Crippen molar-refractivity contribution in [3.05, 3.63) is 63.7 Å². The number of benzene rings is 2. The molecule has 29 heavy (non-hydrogen) atoms. The maximum atomic E-state index is 12.7. The zero-order valence-electron chi connectivity index (χ0n) is 16.7. The molecule has 7 heteroatoms. The van der Waals surface area contributed by atoms with Gasteiger partial charge in [0.1, 0.15) is 5.75 Å². The predicted octanol–water partition coefficient (Wildman–Crippen LogP) is 1.86. The Balaban J connectivity index is 1.31. The van der Waals surface area contributed by atoms with Crippen LogP contribution in [0.2, 0.25) is 0 Å². The van der Waals surface area contributed by atoms with E-state index >= 15 is 0 Å². The Morgan fingerprint density at radius 1 is 1.10 bits per heavy atom. The molecule has 0 saturated carbocycles. The van der Waals surface area contributed by atoms with Crippen LogP contribution >= 0.6 is 12.2 Å². The highest BCUT2D eigenvalue weighted by molar-refractivity contribution is 7.71. The van der Waals surface area contributed by atoms with Crippen LogP contribution in [0.1, 0.15) is 6.42 Å². The molecule has 1 fully saturated rings. The molecule has 2 aromatic carbocycles. The molecular formula is C22H27N4O2S+. The Kier molecular flexibility index (Phi) is 5.97. The number of hydrogen-bond acceptors (Lipinski definition) is 4. The molecule has 1 aromatic heterocycles. The van der Waals surface area contributed by atoms with Crippen LogP contribution in [0.15, 0.2) is 53.3 Å². The molecule has 6 nitrogen and oxygen atoms in total. The smallest absolute Gasteiger partial charge is 0.262 e. The number of hydrogen-bond donors (Lipinski definition) is 2. The lowest BCUT2D eigenvalue weighted by atomic mass is 10.2. The van der Waals surface area contributed by atoms with Gasteiger partial charge in [0.25, 0.3) is 5.56 Å². The van der Waals surface area contributed by atoms with E-state index in [-0.39, 0.29) is 5.56 Å². The number of anilines is 1. The summed E-state index contributed by atoms with van der Waals surface area (Å²) in [5, 5.41) is 0.696. The van der Waals surface area contributed by atoms with E-state index in [4.69, 9.17) is 17.0 Å². The van der Waals surface area contributed by atoms with Crippen LogP contribution in [-0.2, 0) is 6.54 Å². The van der Waals surface area contributed by atoms with Gasteiger partial charge in [-0.25, -0.2) is 0 Å². The first-order valence-electron chi connectivity index (χ1n) is 10.1. The second kappa shape index (κ2) is 8.80. The van der Waals surface area contributed by atoms with E-state index in [1.165, 1.54) is 5.69 Å². The molecule has 0 unspecified atom stereocenters. The molecule has 0 aliphatic carbocycles. The molecule has 4 rings (SSSR count). The second-order valence-corrected chi connectivity index (χ2v) is 7.86. The van der Waals surface area contributed by atoms with Gasteiger partial charge in [-0.3, -0.25) is 9.36 Å². The van der Waals surface area contributed by atoms with Crippen LogP contribution in [-0.4, -0.2) is 49.4 Å². The van der Waals surface area contributed by atoms with Crippen molar-refractivity contribution < 1.29 is 9.64 Å². The number of nitrogens with one attached hydrogen (secondary N) is 2. The van der Waals surface area contributed by atoms with Crippen molar-refractivity contribution in [1.29, 1.82) is 0 Å². The molecule has 0 radical (unpaired) electrons. The van der Waals surface area contributed by atoms with Gasteiger partial charge in [0.15, 0.2) is 4.77 Å². The first-order chi connectivity index (χ1) is 14.2. The monoisotopic (exact) mass is 411 g/mol. The van der Waals surface area contributed by atoms with Crippen LogP contribution in [0.4, 0.5) is 5.69 Å². The van der Waals surface area contributed by atoms with Gasteiger partial charge in [0.05, 0.1) is 50.7 Å². The summed E-state index contributed by atoms with van der Waals surface area (Å²) in [6.45, 7) is 5.99. The average molecular weight is 412 g/mol. The first kappa shape index (κ1) is 19.7. The van der Waals surface area contributed by atoms with Gasteiger partial charge in [0.2, 0.25) is 0 Å². The summed E-state index contributed by atoms with van der Waals surface area (Å²) in [5.74, 6) is 0.889. The lowest BCUT2D eigenvalue weighted by Crippen LogP contribution is -3.14. The third-order valence-electron chi connectivity index (χ3n) is 5.71. The van der Waals surface area contributed by atoms with Gasteiger partial charge in [-0.2, -0.15) is 0 Å². The minimum absolute atomic E-state index is 0.00340. The normalized spacial score (nSPS) is 15.0. The molecule has 1 aliphatic heterocycles. The molecule has 1 aliphatic rings. The van der Waals surface area contributed by atoms with Crippen molar-refractivity contribution >= 4 is 28.8 Å². The van der Waals surface area contributed by atoms with Gasteiger partial charge >= 0.3 is 0 Å². The predicted molar refractivity (Wildman–Crippen MR) is 119 cm³/mol. The summed E-state index contributed by atoms with van der Waals surface area (Å²) < 4.78 is 7.44. The number of H-pyrrole nitrogens is 1. The Bertz CT molecular complexity index is 1080. The van der Waals surface area contributed by atoms with Crippen LogP contribution in [0, 0.1) is 4.77 Å². The summed E-state index contributed by atoms with van der Waals surface area (Å²) in [4.78, 5) is 19.9. The Hall–Kier alpha value is -2.64. The van der Waals surface area contributed by atoms with Crippen molar-refractivity contribution in [2.75, 3.05) is 44.7 Å². The van der Waals surface area contributed by atoms with Crippen molar-refractivity contribution in [2.24, 2.45) is 0 Å². The molecular weight excluding hydrogens is 384 g/mol. The number of aromatic amines is 1. The number of rotatable bonds is 6. The second-order valence-electron chi connectivity index (χ2n) is 7.47. The number of methoxy groups -OCH3 is 1. The van der Waals surface area contributed by atoms with E-state index in [1.807, 2.05) is 36.4 Å². The fraction of sp³-hybridized carbons (Fsp3) is 0.364. The number of quaternary nitrogens is 1. The minimum atomic E-state index is 0.00340. The molecule has 0 atom stereocenters. The maximum Gasteiger partial charge on any atom is 0.262 e. The number of fused-ring (bicyclic) bond motifs is 1. The Labute approximate surface area is 175 Å². The SMILES string of the molecule is COc1ccc(N2CC[NH+](CCCn3c(=S)[nH]c4ccccc4c3=O)CC2)cc1. The van der Waals surface area contributed by atoms with Crippen LogP contribution in [0.3, 0.4) is 0 Å². The number of ether oxygens (including phenoxy) is 1. The summed E-state index contributed by atoms with van der Waals surface area (Å²) in [6, 6.07) is 15.8. The van der Waals surface area contributed by atoms with E-state index in [9.17, 15) is 4.79 Å². The molecule has 2 heterocycles. The topological polar surface area (TPSA) is 54.7 Å². The van der Waals surface area contributed by atoms with Crippen molar-refractivity contribution in [2.45, 2.75) is 13.0 Å². The number of piperazine rings is 1. The van der Waals surface area contributed by atoms with E-state index in [0.29, 0.717) is 16.7 Å². The molecule has 0 bridgehead atoms. The third kappa shape index (κ3) is 4.36. The Morgan fingerprint density at radius 3 is 2.55 bits per heavy atom. The van der Waals surface area contributed by atoms with Crippen LogP contribution in [0.25, 0.3) is 10.9 Å². The van der Waals surface area contributed by atoms with E-state index in [0.717, 1.165) is 50.4 Å². The standard InChI is InChI=1S/C22H26N4O2S/c1-28-18-9-7-17(8-10-18)25-15-13-24(14-16-25)11-4-12-26-21(27)19-5-2-3-6-20(19)23-22(26)29/h2-3,5-10H,4,11-16H2,1H3,(H,23,29)/p+1. The van der Waals surface area contributed by atoms with Crippen LogP contribution < -0.4 is 20.1 Å². The molecule has 2 N–H and O–H groups in total. The highest BCUT2D eigenvalue weighted by Gasteiger charge is 2.20. The van der Waals surface area contributed by atoms with Gasteiger partial charge in [0, 0.05) is 18.7 Å². The highest BCUT2D eigenvalue weighted by atomic mass is 32.1.